The van der Waals surface area contributed by atoms with Gasteiger partial charge < -0.3 is 20.1 Å². The molecule has 6 nitrogen and oxygen atoms in total. The first-order valence-electron chi connectivity index (χ1n) is 9.65. The van der Waals surface area contributed by atoms with E-state index < -0.39 is 0 Å². The zero-order chi connectivity index (χ0) is 20.1. The Bertz CT molecular complexity index is 929. The number of nitrogens with one attached hydrogen (secondary N) is 1. The van der Waals surface area contributed by atoms with Crippen LogP contribution in [-0.2, 0) is 0 Å². The zero-order valence-electron chi connectivity index (χ0n) is 15.9. The molecule has 0 aliphatic carbocycles. The van der Waals surface area contributed by atoms with Gasteiger partial charge in [0.2, 0.25) is 0 Å². The van der Waals surface area contributed by atoms with Crippen molar-refractivity contribution in [1.82, 2.24) is 14.9 Å². The Kier molecular flexibility index (Phi) is 6.76. The predicted octanol–water partition coefficient (Wildman–Crippen LogP) is 5.01. The van der Waals surface area contributed by atoms with Gasteiger partial charge in [-0.3, -0.25) is 0 Å². The summed E-state index contributed by atoms with van der Waals surface area (Å²) in [5.74, 6) is 2.50. The standard InChI is InChI=1S/C21H23BrN4O2S/c22-16-12-19(28-17-4-2-1-3-5-17)20(23-13-16)25-21-24-18(14-29-21)15-6-8-26(9-7-15)10-11-27/h1-5,12-15,27H,6-11H2,(H,23,24,25). The van der Waals surface area contributed by atoms with E-state index in [9.17, 15) is 0 Å². The highest BCUT2D eigenvalue weighted by molar-refractivity contribution is 9.10. The molecule has 1 fully saturated rings. The number of β-amino-alcohol motifs (C(OH)–C–C–N with tert-alkyl or cyclic N) is 1. The fourth-order valence-corrected chi connectivity index (χ4v) is 4.54. The molecule has 0 unspecified atom stereocenters. The van der Waals surface area contributed by atoms with E-state index in [-0.39, 0.29) is 6.61 Å². The first-order valence-corrected chi connectivity index (χ1v) is 11.3. The first kappa shape index (κ1) is 20.3. The number of para-hydroxylation sites is 1. The van der Waals surface area contributed by atoms with Crippen molar-refractivity contribution >= 4 is 38.2 Å². The number of likely N-dealkylation sites (tertiary alicyclic amines) is 1. The quantitative estimate of drug-likeness (QED) is 0.501. The van der Waals surface area contributed by atoms with Gasteiger partial charge in [-0.05, 0) is 54.0 Å². The zero-order valence-corrected chi connectivity index (χ0v) is 18.3. The van der Waals surface area contributed by atoms with Gasteiger partial charge in [0.05, 0.1) is 12.3 Å². The lowest BCUT2D eigenvalue weighted by molar-refractivity contribution is 0.163. The van der Waals surface area contributed by atoms with Crippen LogP contribution in [-0.4, -0.2) is 46.2 Å². The van der Waals surface area contributed by atoms with Crippen LogP contribution in [0.15, 0.2) is 52.4 Å². The molecule has 1 aliphatic heterocycles. The Labute approximate surface area is 182 Å². The monoisotopic (exact) mass is 474 g/mol. The van der Waals surface area contributed by atoms with Crippen molar-refractivity contribution in [3.05, 3.63) is 58.1 Å². The maximum Gasteiger partial charge on any atom is 0.188 e. The molecule has 29 heavy (non-hydrogen) atoms. The van der Waals surface area contributed by atoms with Crippen LogP contribution in [0.1, 0.15) is 24.5 Å². The van der Waals surface area contributed by atoms with Crippen molar-refractivity contribution in [2.75, 3.05) is 31.6 Å². The van der Waals surface area contributed by atoms with Crippen LogP contribution in [0.3, 0.4) is 0 Å². The number of aliphatic hydroxyl groups excluding tert-OH is 1. The Morgan fingerprint density at radius 3 is 2.79 bits per heavy atom. The molecule has 3 heterocycles. The summed E-state index contributed by atoms with van der Waals surface area (Å²) >= 11 is 5.05. The van der Waals surface area contributed by atoms with Crippen molar-refractivity contribution in [2.24, 2.45) is 0 Å². The van der Waals surface area contributed by atoms with Crippen molar-refractivity contribution in [1.29, 1.82) is 0 Å². The van der Waals surface area contributed by atoms with Gasteiger partial charge in [0, 0.05) is 34.6 Å². The summed E-state index contributed by atoms with van der Waals surface area (Å²) in [7, 11) is 0. The van der Waals surface area contributed by atoms with E-state index in [0.717, 1.165) is 53.5 Å². The Morgan fingerprint density at radius 2 is 2.03 bits per heavy atom. The summed E-state index contributed by atoms with van der Waals surface area (Å²) in [4.78, 5) is 11.6. The van der Waals surface area contributed by atoms with Gasteiger partial charge in [-0.25, -0.2) is 9.97 Å². The number of benzene rings is 1. The van der Waals surface area contributed by atoms with E-state index in [0.29, 0.717) is 17.5 Å². The van der Waals surface area contributed by atoms with Crippen LogP contribution < -0.4 is 10.1 Å². The summed E-state index contributed by atoms with van der Waals surface area (Å²) in [6, 6.07) is 11.6. The number of hydrogen-bond donors (Lipinski definition) is 2. The number of pyridine rings is 1. The molecule has 0 radical (unpaired) electrons. The number of piperidine rings is 1. The minimum Gasteiger partial charge on any atom is -0.453 e. The minimum absolute atomic E-state index is 0.225. The third-order valence-corrected chi connectivity index (χ3v) is 6.17. The van der Waals surface area contributed by atoms with Crippen molar-refractivity contribution in [2.45, 2.75) is 18.8 Å². The molecule has 2 N–H and O–H groups in total. The average molecular weight is 475 g/mol. The number of anilines is 2. The number of rotatable bonds is 7. The van der Waals surface area contributed by atoms with Gasteiger partial charge in [-0.15, -0.1) is 11.3 Å². The third-order valence-electron chi connectivity index (χ3n) is 4.96. The predicted molar refractivity (Wildman–Crippen MR) is 119 cm³/mol. The van der Waals surface area contributed by atoms with Gasteiger partial charge in [0.15, 0.2) is 16.7 Å². The molecule has 1 aliphatic rings. The fraction of sp³-hybridized carbons (Fsp3) is 0.333. The minimum atomic E-state index is 0.225. The second kappa shape index (κ2) is 9.67. The highest BCUT2D eigenvalue weighted by Crippen LogP contribution is 2.35. The SMILES string of the molecule is OCCN1CCC(c2csc(Nc3ncc(Br)cc3Oc3ccccc3)n2)CC1. The molecule has 0 amide bonds. The Hall–Kier alpha value is -2.00. The number of aromatic nitrogens is 2. The lowest BCUT2D eigenvalue weighted by Gasteiger charge is -2.30. The largest absolute Gasteiger partial charge is 0.453 e. The van der Waals surface area contributed by atoms with E-state index >= 15 is 0 Å². The van der Waals surface area contributed by atoms with E-state index in [1.807, 2.05) is 36.4 Å². The number of halogens is 1. The molecule has 4 rings (SSSR count). The number of nitrogens with zero attached hydrogens (tertiary/aromatic N) is 3. The topological polar surface area (TPSA) is 70.5 Å². The van der Waals surface area contributed by atoms with Gasteiger partial charge in [0.25, 0.3) is 0 Å². The van der Waals surface area contributed by atoms with Crippen LogP contribution >= 0.6 is 27.3 Å². The van der Waals surface area contributed by atoms with Crippen LogP contribution in [0.25, 0.3) is 0 Å². The molecule has 0 bridgehead atoms. The van der Waals surface area contributed by atoms with Crippen molar-refractivity contribution < 1.29 is 9.84 Å². The van der Waals surface area contributed by atoms with Crippen molar-refractivity contribution in [3.8, 4) is 11.5 Å². The van der Waals surface area contributed by atoms with Crippen LogP contribution in [0.2, 0.25) is 0 Å². The van der Waals surface area contributed by atoms with Gasteiger partial charge in [-0.1, -0.05) is 18.2 Å². The van der Waals surface area contributed by atoms with Gasteiger partial charge in [-0.2, -0.15) is 0 Å². The number of aliphatic hydroxyl groups is 1. The normalized spacial score (nSPS) is 15.4. The molecule has 152 valence electrons. The first-order chi connectivity index (χ1) is 14.2. The molecular formula is C21H23BrN4O2S. The number of hydrogen-bond acceptors (Lipinski definition) is 7. The highest BCUT2D eigenvalue weighted by atomic mass is 79.9. The smallest absolute Gasteiger partial charge is 0.188 e. The molecule has 0 spiro atoms. The Morgan fingerprint density at radius 1 is 1.24 bits per heavy atom. The van der Waals surface area contributed by atoms with Crippen LogP contribution in [0.4, 0.5) is 10.9 Å². The van der Waals surface area contributed by atoms with Gasteiger partial charge in [0.1, 0.15) is 5.75 Å². The maximum atomic E-state index is 9.10. The summed E-state index contributed by atoms with van der Waals surface area (Å²) in [5.41, 5.74) is 1.13. The summed E-state index contributed by atoms with van der Waals surface area (Å²) < 4.78 is 6.87. The Balaban J connectivity index is 1.45. The second-order valence-corrected chi connectivity index (χ2v) is 8.73. The summed E-state index contributed by atoms with van der Waals surface area (Å²) in [6.07, 6.45) is 3.88. The molecule has 8 heteroatoms. The molecular weight excluding hydrogens is 452 g/mol. The lowest BCUT2D eigenvalue weighted by Crippen LogP contribution is -2.35. The van der Waals surface area contributed by atoms with Crippen LogP contribution in [0, 0.1) is 0 Å². The van der Waals surface area contributed by atoms with Crippen molar-refractivity contribution in [3.63, 3.8) is 0 Å². The lowest BCUT2D eigenvalue weighted by atomic mass is 9.94. The maximum absolute atomic E-state index is 9.10. The summed E-state index contributed by atoms with van der Waals surface area (Å²) in [6.45, 7) is 3.00. The molecule has 2 aromatic heterocycles. The average Bonchev–Trinajstić information content (AvgIpc) is 3.20. The van der Waals surface area contributed by atoms with E-state index in [1.165, 1.54) is 0 Å². The van der Waals surface area contributed by atoms with Crippen LogP contribution in [0.5, 0.6) is 11.5 Å². The summed E-state index contributed by atoms with van der Waals surface area (Å²) in [5, 5.41) is 15.4. The molecule has 1 aromatic carbocycles. The molecule has 0 saturated carbocycles. The van der Waals surface area contributed by atoms with E-state index in [1.54, 1.807) is 17.5 Å². The number of thiazole rings is 1. The third kappa shape index (κ3) is 5.33. The fourth-order valence-electron chi connectivity index (χ4n) is 3.43. The molecule has 3 aromatic rings. The second-order valence-electron chi connectivity index (χ2n) is 6.96. The number of ether oxygens (including phenoxy) is 1. The molecule has 0 atom stereocenters. The van der Waals surface area contributed by atoms with E-state index in [2.05, 4.69) is 36.5 Å². The molecule has 1 saturated heterocycles. The highest BCUT2D eigenvalue weighted by Gasteiger charge is 2.22. The van der Waals surface area contributed by atoms with E-state index in [4.69, 9.17) is 14.8 Å². The van der Waals surface area contributed by atoms with Gasteiger partial charge >= 0.3 is 0 Å².